The first-order valence-electron chi connectivity index (χ1n) is 7.27. The van der Waals surface area contributed by atoms with E-state index in [0.29, 0.717) is 12.5 Å². The fraction of sp³-hybridized carbons (Fsp3) is 0.800. The average molecular weight is 268 g/mol. The summed E-state index contributed by atoms with van der Waals surface area (Å²) in [6.45, 7) is 8.30. The molecule has 1 aromatic heterocycles. The van der Waals surface area contributed by atoms with E-state index in [1.807, 2.05) is 30.8 Å². The van der Waals surface area contributed by atoms with Crippen LogP contribution in [0.3, 0.4) is 0 Å². The Kier molecular flexibility index (Phi) is 6.01. The van der Waals surface area contributed by atoms with E-state index in [4.69, 9.17) is 4.74 Å². The molecule has 0 aromatic carbocycles. The Morgan fingerprint density at radius 3 is 2.47 bits per heavy atom. The third-order valence-corrected chi connectivity index (χ3v) is 4.26. The smallest absolute Gasteiger partial charge is 0.0909 e. The number of aliphatic hydroxyl groups excluding tert-OH is 1. The summed E-state index contributed by atoms with van der Waals surface area (Å²) < 4.78 is 7.45. The Hall–Kier alpha value is -0.870. The molecule has 0 fully saturated rings. The van der Waals surface area contributed by atoms with Crippen molar-refractivity contribution < 1.29 is 9.84 Å². The molecule has 0 aliphatic carbocycles. The molecule has 1 heterocycles. The number of rotatable bonds is 8. The molecule has 19 heavy (non-hydrogen) atoms. The van der Waals surface area contributed by atoms with Gasteiger partial charge in [-0.3, -0.25) is 4.68 Å². The van der Waals surface area contributed by atoms with Gasteiger partial charge in [0, 0.05) is 19.7 Å². The van der Waals surface area contributed by atoms with E-state index in [2.05, 4.69) is 18.9 Å². The van der Waals surface area contributed by atoms with Crippen molar-refractivity contribution in [3.8, 4) is 0 Å². The van der Waals surface area contributed by atoms with E-state index >= 15 is 0 Å². The highest BCUT2D eigenvalue weighted by atomic mass is 16.5. The number of methoxy groups -OCH3 is 1. The molecule has 0 radical (unpaired) electrons. The lowest BCUT2D eigenvalue weighted by Crippen LogP contribution is -2.42. The first kappa shape index (κ1) is 16.2. The van der Waals surface area contributed by atoms with Crippen molar-refractivity contribution in [1.82, 2.24) is 9.78 Å². The second kappa shape index (κ2) is 7.06. The summed E-state index contributed by atoms with van der Waals surface area (Å²) in [4.78, 5) is 0. The van der Waals surface area contributed by atoms with Crippen LogP contribution in [0.25, 0.3) is 0 Å². The van der Waals surface area contributed by atoms with Crippen LogP contribution >= 0.6 is 0 Å². The zero-order valence-electron chi connectivity index (χ0n) is 12.9. The van der Waals surface area contributed by atoms with Crippen molar-refractivity contribution in [2.75, 3.05) is 7.11 Å². The molecule has 4 nitrogen and oxygen atoms in total. The van der Waals surface area contributed by atoms with Crippen LogP contribution in [0.15, 0.2) is 12.3 Å². The summed E-state index contributed by atoms with van der Waals surface area (Å²) in [6, 6.07) is 2.44. The lowest BCUT2D eigenvalue weighted by molar-refractivity contribution is -0.0917. The quantitative estimate of drug-likeness (QED) is 0.788. The third kappa shape index (κ3) is 3.80. The van der Waals surface area contributed by atoms with E-state index in [-0.39, 0.29) is 0 Å². The standard InChI is InChI=1S/C15H28N2O2/c1-6-13(7-2)17-10-9-12(16-17)11-14(18)15(4,8-3)19-5/h9-10,13-14,18H,6-8,11H2,1-5H3. The maximum Gasteiger partial charge on any atom is 0.0909 e. The Balaban J connectivity index is 2.73. The van der Waals surface area contributed by atoms with Crippen molar-refractivity contribution >= 4 is 0 Å². The summed E-state index contributed by atoms with van der Waals surface area (Å²) in [5, 5.41) is 14.9. The number of hydrogen-bond acceptors (Lipinski definition) is 3. The topological polar surface area (TPSA) is 47.3 Å². The summed E-state index contributed by atoms with van der Waals surface area (Å²) >= 11 is 0. The number of hydrogen-bond donors (Lipinski definition) is 1. The highest BCUT2D eigenvalue weighted by molar-refractivity contribution is 5.03. The van der Waals surface area contributed by atoms with Gasteiger partial charge in [0.15, 0.2) is 0 Å². The van der Waals surface area contributed by atoms with Crippen molar-refractivity contribution in [2.24, 2.45) is 0 Å². The van der Waals surface area contributed by atoms with E-state index in [1.165, 1.54) is 0 Å². The van der Waals surface area contributed by atoms with Crippen LogP contribution in [0.5, 0.6) is 0 Å². The highest BCUT2D eigenvalue weighted by Gasteiger charge is 2.31. The van der Waals surface area contributed by atoms with Gasteiger partial charge < -0.3 is 9.84 Å². The average Bonchev–Trinajstić information content (AvgIpc) is 2.87. The van der Waals surface area contributed by atoms with Crippen LogP contribution < -0.4 is 0 Å². The maximum atomic E-state index is 10.3. The van der Waals surface area contributed by atoms with Gasteiger partial charge in [-0.25, -0.2) is 0 Å². The summed E-state index contributed by atoms with van der Waals surface area (Å²) in [7, 11) is 1.65. The molecule has 0 amide bonds. The van der Waals surface area contributed by atoms with Gasteiger partial charge in [0.05, 0.1) is 23.4 Å². The molecule has 0 saturated carbocycles. The van der Waals surface area contributed by atoms with Gasteiger partial charge in [-0.05, 0) is 32.3 Å². The van der Waals surface area contributed by atoms with Gasteiger partial charge in [-0.1, -0.05) is 20.8 Å². The minimum Gasteiger partial charge on any atom is -0.390 e. The van der Waals surface area contributed by atoms with Crippen LogP contribution in [0, 0.1) is 0 Å². The fourth-order valence-electron chi connectivity index (χ4n) is 2.28. The number of aliphatic hydroxyl groups is 1. The summed E-state index contributed by atoms with van der Waals surface area (Å²) in [5.41, 5.74) is 0.426. The molecule has 0 aliphatic rings. The lowest BCUT2D eigenvalue weighted by Gasteiger charge is -2.31. The molecule has 1 rings (SSSR count). The normalized spacial score (nSPS) is 16.6. The minimum absolute atomic E-state index is 0.450. The van der Waals surface area contributed by atoms with Crippen LogP contribution in [-0.4, -0.2) is 33.7 Å². The Morgan fingerprint density at radius 2 is 2.00 bits per heavy atom. The molecular formula is C15H28N2O2. The first-order valence-corrected chi connectivity index (χ1v) is 7.27. The van der Waals surface area contributed by atoms with Crippen LogP contribution in [0.2, 0.25) is 0 Å². The minimum atomic E-state index is -0.535. The molecule has 110 valence electrons. The maximum absolute atomic E-state index is 10.3. The van der Waals surface area contributed by atoms with Crippen LogP contribution in [0.1, 0.15) is 58.7 Å². The molecule has 0 aliphatic heterocycles. The second-order valence-corrected chi connectivity index (χ2v) is 5.35. The number of nitrogens with zero attached hydrogens (tertiary/aromatic N) is 2. The zero-order chi connectivity index (χ0) is 14.5. The van der Waals surface area contributed by atoms with Gasteiger partial charge in [0.25, 0.3) is 0 Å². The number of aromatic nitrogens is 2. The molecular weight excluding hydrogens is 240 g/mol. The predicted octanol–water partition coefficient (Wildman–Crippen LogP) is 2.96. The van der Waals surface area contributed by atoms with E-state index in [9.17, 15) is 5.11 Å². The van der Waals surface area contributed by atoms with Crippen LogP contribution in [-0.2, 0) is 11.2 Å². The molecule has 1 aromatic rings. The van der Waals surface area contributed by atoms with Gasteiger partial charge in [-0.2, -0.15) is 5.10 Å². The SMILES string of the molecule is CCC(CC)n1ccc(CC(O)C(C)(CC)OC)n1. The highest BCUT2D eigenvalue weighted by Crippen LogP contribution is 2.22. The lowest BCUT2D eigenvalue weighted by atomic mass is 9.92. The summed E-state index contributed by atoms with van der Waals surface area (Å²) in [5.74, 6) is 0. The largest absolute Gasteiger partial charge is 0.390 e. The zero-order valence-corrected chi connectivity index (χ0v) is 12.9. The molecule has 1 N–H and O–H groups in total. The second-order valence-electron chi connectivity index (χ2n) is 5.35. The summed E-state index contributed by atoms with van der Waals surface area (Å²) in [6.07, 6.45) is 4.93. The van der Waals surface area contributed by atoms with Crippen molar-refractivity contribution in [3.05, 3.63) is 18.0 Å². The van der Waals surface area contributed by atoms with Crippen molar-refractivity contribution in [1.29, 1.82) is 0 Å². The fourth-order valence-corrected chi connectivity index (χ4v) is 2.28. The molecule has 0 bridgehead atoms. The van der Waals surface area contributed by atoms with E-state index in [1.54, 1.807) is 7.11 Å². The van der Waals surface area contributed by atoms with Gasteiger partial charge in [-0.15, -0.1) is 0 Å². The van der Waals surface area contributed by atoms with E-state index in [0.717, 1.165) is 25.0 Å². The van der Waals surface area contributed by atoms with E-state index < -0.39 is 11.7 Å². The van der Waals surface area contributed by atoms with Gasteiger partial charge in [0.1, 0.15) is 0 Å². The molecule has 2 unspecified atom stereocenters. The Labute approximate surface area is 116 Å². The van der Waals surface area contributed by atoms with Crippen molar-refractivity contribution in [2.45, 2.75) is 71.1 Å². The van der Waals surface area contributed by atoms with Crippen LogP contribution in [0.4, 0.5) is 0 Å². The predicted molar refractivity (Wildman–Crippen MR) is 77.3 cm³/mol. The Morgan fingerprint density at radius 1 is 1.37 bits per heavy atom. The first-order chi connectivity index (χ1) is 9.00. The molecule has 4 heteroatoms. The van der Waals surface area contributed by atoms with Crippen molar-refractivity contribution in [3.63, 3.8) is 0 Å². The third-order valence-electron chi connectivity index (χ3n) is 4.26. The van der Waals surface area contributed by atoms with Gasteiger partial charge in [0.2, 0.25) is 0 Å². The molecule has 2 atom stereocenters. The van der Waals surface area contributed by atoms with Gasteiger partial charge >= 0.3 is 0 Å². The Bertz CT molecular complexity index is 368. The molecule has 0 spiro atoms. The monoisotopic (exact) mass is 268 g/mol. The molecule has 0 saturated heterocycles. The number of ether oxygens (including phenoxy) is 1.